The van der Waals surface area contributed by atoms with Crippen molar-refractivity contribution < 1.29 is 4.42 Å². The van der Waals surface area contributed by atoms with Crippen LogP contribution in [0.25, 0.3) is 105 Å². The molecule has 4 heteroatoms. The maximum absolute atomic E-state index is 6.37. The normalized spacial score (nSPS) is 12.7. The second kappa shape index (κ2) is 11.8. The average Bonchev–Trinajstić information content (AvgIpc) is 3.62. The summed E-state index contributed by atoms with van der Waals surface area (Å²) in [6.45, 7) is 0. The Morgan fingerprint density at radius 1 is 0.434 bits per heavy atom. The molecule has 11 rings (SSSR count). The third-order valence-corrected chi connectivity index (χ3v) is 10.8. The Morgan fingerprint density at radius 3 is 2.00 bits per heavy atom. The summed E-state index contributed by atoms with van der Waals surface area (Å²) in [4.78, 5) is 16.0. The average molecular weight is 678 g/mol. The van der Waals surface area contributed by atoms with Crippen molar-refractivity contribution in [3.8, 4) is 45.3 Å². The van der Waals surface area contributed by atoms with Crippen LogP contribution in [0.5, 0.6) is 0 Å². The third kappa shape index (κ3) is 4.80. The predicted molar refractivity (Wildman–Crippen MR) is 219 cm³/mol. The van der Waals surface area contributed by atoms with Crippen molar-refractivity contribution in [2.24, 2.45) is 0 Å². The summed E-state index contributed by atoms with van der Waals surface area (Å²) in [5.74, 6) is 2.86. The van der Waals surface area contributed by atoms with Crippen molar-refractivity contribution in [3.63, 3.8) is 0 Å². The number of rotatable bonds is 4. The van der Waals surface area contributed by atoms with E-state index in [4.69, 9.17) is 19.4 Å². The van der Waals surface area contributed by atoms with Gasteiger partial charge in [-0.2, -0.15) is 0 Å². The fraction of sp³-hybridized carbons (Fsp3) is 0.0408. The predicted octanol–water partition coefficient (Wildman–Crippen LogP) is 12.9. The van der Waals surface area contributed by atoms with E-state index in [-0.39, 0.29) is 0 Å². The Morgan fingerprint density at radius 2 is 1.11 bits per heavy atom. The van der Waals surface area contributed by atoms with E-state index in [1.165, 1.54) is 32.5 Å². The smallest absolute Gasteiger partial charge is 0.164 e. The Labute approximate surface area is 305 Å². The molecule has 0 unspecified atom stereocenters. The number of aryl methyl sites for hydroxylation is 1. The molecule has 0 fully saturated rings. The lowest BCUT2D eigenvalue weighted by Crippen LogP contribution is -2.02. The molecule has 248 valence electrons. The molecule has 1 aliphatic rings. The summed E-state index contributed by atoms with van der Waals surface area (Å²) in [6.07, 6.45) is 6.25. The first kappa shape index (κ1) is 29.8. The van der Waals surface area contributed by atoms with Crippen LogP contribution in [-0.2, 0) is 6.42 Å². The molecule has 1 aliphatic carbocycles. The maximum Gasteiger partial charge on any atom is 0.164 e. The summed E-state index contributed by atoms with van der Waals surface area (Å²) >= 11 is 0. The minimum atomic E-state index is 0.629. The number of hydrogen-bond acceptors (Lipinski definition) is 4. The van der Waals surface area contributed by atoms with Crippen molar-refractivity contribution >= 4 is 60.1 Å². The molecule has 0 bridgehead atoms. The highest BCUT2D eigenvalue weighted by Gasteiger charge is 2.22. The summed E-state index contributed by atoms with van der Waals surface area (Å²) in [5.41, 5.74) is 7.21. The van der Waals surface area contributed by atoms with Gasteiger partial charge < -0.3 is 4.42 Å². The number of aromatic nitrogens is 3. The largest absolute Gasteiger partial charge is 0.456 e. The number of benzene rings is 8. The molecule has 0 saturated carbocycles. The highest BCUT2D eigenvalue weighted by Crippen LogP contribution is 2.43. The van der Waals surface area contributed by atoms with Gasteiger partial charge in [0.25, 0.3) is 0 Å². The Balaban J connectivity index is 1.22. The topological polar surface area (TPSA) is 51.8 Å². The van der Waals surface area contributed by atoms with Crippen LogP contribution in [0.1, 0.15) is 17.7 Å². The molecule has 0 N–H and O–H groups in total. The fourth-order valence-corrected chi connectivity index (χ4v) is 8.30. The van der Waals surface area contributed by atoms with Gasteiger partial charge in [-0.25, -0.2) is 15.0 Å². The van der Waals surface area contributed by atoms with Crippen LogP contribution in [0, 0.1) is 0 Å². The summed E-state index contributed by atoms with van der Waals surface area (Å²) < 4.78 is 6.37. The third-order valence-electron chi connectivity index (χ3n) is 10.8. The SMILES string of the molecule is C1=Cc2oc3cccc(-c4ccccc4-c4nc(-c5ccc6ccccc6c5)nc(-c5cc6ccccc6c6ccc7ccccc7c56)n4)c3c2CC1. The van der Waals surface area contributed by atoms with Crippen molar-refractivity contribution in [3.05, 3.63) is 169 Å². The first-order valence-corrected chi connectivity index (χ1v) is 18.2. The molecule has 53 heavy (non-hydrogen) atoms. The molecule has 0 saturated heterocycles. The lowest BCUT2D eigenvalue weighted by Gasteiger charge is -2.16. The summed E-state index contributed by atoms with van der Waals surface area (Å²) in [6, 6.07) is 53.6. The Kier molecular flexibility index (Phi) is 6.65. The second-order valence-corrected chi connectivity index (χ2v) is 13.8. The van der Waals surface area contributed by atoms with Crippen molar-refractivity contribution in [1.82, 2.24) is 15.0 Å². The molecule has 0 amide bonds. The van der Waals surface area contributed by atoms with Gasteiger partial charge in [-0.1, -0.05) is 140 Å². The van der Waals surface area contributed by atoms with Crippen molar-refractivity contribution in [2.75, 3.05) is 0 Å². The number of fused-ring (bicyclic) bond motifs is 9. The highest BCUT2D eigenvalue weighted by molar-refractivity contribution is 6.22. The van der Waals surface area contributed by atoms with Gasteiger partial charge in [-0.05, 0) is 85.9 Å². The zero-order valence-corrected chi connectivity index (χ0v) is 28.8. The molecular weight excluding hydrogens is 647 g/mol. The first-order chi connectivity index (χ1) is 26.3. The first-order valence-electron chi connectivity index (χ1n) is 18.2. The minimum Gasteiger partial charge on any atom is -0.456 e. The molecule has 4 nitrogen and oxygen atoms in total. The molecule has 8 aromatic carbocycles. The fourth-order valence-electron chi connectivity index (χ4n) is 8.30. The van der Waals surface area contributed by atoms with Gasteiger partial charge in [0, 0.05) is 33.0 Å². The van der Waals surface area contributed by atoms with E-state index in [1.54, 1.807) is 0 Å². The Bertz CT molecular complexity index is 3130. The van der Waals surface area contributed by atoms with E-state index in [0.29, 0.717) is 17.5 Å². The molecule has 2 aromatic heterocycles. The number of hydrogen-bond donors (Lipinski definition) is 0. The summed E-state index contributed by atoms with van der Waals surface area (Å²) in [7, 11) is 0. The minimum absolute atomic E-state index is 0.629. The second-order valence-electron chi connectivity index (χ2n) is 13.8. The highest BCUT2D eigenvalue weighted by atomic mass is 16.3. The molecule has 0 spiro atoms. The van der Waals surface area contributed by atoms with Crippen LogP contribution < -0.4 is 0 Å². The molecule has 10 aromatic rings. The van der Waals surface area contributed by atoms with E-state index in [2.05, 4.69) is 164 Å². The molecule has 0 radical (unpaired) electrons. The van der Waals surface area contributed by atoms with Crippen LogP contribution in [0.4, 0.5) is 0 Å². The Hall–Kier alpha value is -6.91. The van der Waals surface area contributed by atoms with Gasteiger partial charge in [-0.15, -0.1) is 0 Å². The van der Waals surface area contributed by atoms with E-state index in [1.807, 2.05) is 0 Å². The van der Waals surface area contributed by atoms with Gasteiger partial charge in [0.15, 0.2) is 17.5 Å². The number of nitrogens with zero attached hydrogens (tertiary/aromatic N) is 3. The van der Waals surface area contributed by atoms with E-state index >= 15 is 0 Å². The van der Waals surface area contributed by atoms with Gasteiger partial charge in [0.05, 0.1) is 0 Å². The van der Waals surface area contributed by atoms with Gasteiger partial charge in [0.1, 0.15) is 11.3 Å². The van der Waals surface area contributed by atoms with Crippen LogP contribution in [0.2, 0.25) is 0 Å². The van der Waals surface area contributed by atoms with Crippen LogP contribution in [0.15, 0.2) is 162 Å². The lowest BCUT2D eigenvalue weighted by atomic mass is 9.91. The molecule has 0 atom stereocenters. The van der Waals surface area contributed by atoms with E-state index in [9.17, 15) is 0 Å². The number of allylic oxidation sites excluding steroid dienone is 1. The molecular formula is C49H31N3O. The maximum atomic E-state index is 6.37. The van der Waals surface area contributed by atoms with Crippen LogP contribution in [0.3, 0.4) is 0 Å². The number of furan rings is 1. The van der Waals surface area contributed by atoms with Gasteiger partial charge in [0.2, 0.25) is 0 Å². The zero-order valence-electron chi connectivity index (χ0n) is 28.8. The van der Waals surface area contributed by atoms with Crippen LogP contribution >= 0.6 is 0 Å². The van der Waals surface area contributed by atoms with Crippen molar-refractivity contribution in [2.45, 2.75) is 12.8 Å². The molecule has 2 heterocycles. The van der Waals surface area contributed by atoms with Gasteiger partial charge in [-0.3, -0.25) is 0 Å². The molecule has 0 aliphatic heterocycles. The standard InChI is InChI=1S/C49H31N3O/c1-2-14-32-28-34(25-24-30(32)12-1)47-50-48(40-19-8-7-18-37(40)38-21-11-23-44-46(38)41-20-9-10-22-43(41)53-44)52-49(51-47)42-29-33-15-4-5-16-35(33)39-27-26-31-13-3-6-17-36(31)45(39)42/h1-8,10-19,21-29H,9,20H2. The van der Waals surface area contributed by atoms with E-state index in [0.717, 1.165) is 73.5 Å². The van der Waals surface area contributed by atoms with Crippen LogP contribution in [-0.4, -0.2) is 15.0 Å². The quantitative estimate of drug-likeness (QED) is 0.174. The van der Waals surface area contributed by atoms with E-state index < -0.39 is 0 Å². The van der Waals surface area contributed by atoms with Gasteiger partial charge >= 0.3 is 0 Å². The zero-order chi connectivity index (χ0) is 34.9. The van der Waals surface area contributed by atoms with Crippen molar-refractivity contribution in [1.29, 1.82) is 0 Å². The lowest BCUT2D eigenvalue weighted by molar-refractivity contribution is 0.595. The summed E-state index contributed by atoms with van der Waals surface area (Å²) in [5, 5.41) is 10.5. The monoisotopic (exact) mass is 677 g/mol.